The van der Waals surface area contributed by atoms with Crippen LogP contribution in [-0.4, -0.2) is 57.3 Å². The van der Waals surface area contributed by atoms with Crippen molar-refractivity contribution in [2.24, 2.45) is 5.41 Å². The number of methoxy groups -OCH3 is 2. The second kappa shape index (κ2) is 7.64. The molecule has 0 unspecified atom stereocenters. The molecule has 0 bridgehead atoms. The van der Waals surface area contributed by atoms with Gasteiger partial charge in [-0.15, -0.1) is 0 Å². The van der Waals surface area contributed by atoms with Crippen LogP contribution in [0.3, 0.4) is 0 Å². The summed E-state index contributed by atoms with van der Waals surface area (Å²) < 4.78 is 10.3. The van der Waals surface area contributed by atoms with Crippen LogP contribution < -0.4 is 0 Å². The van der Waals surface area contributed by atoms with Gasteiger partial charge in [-0.1, -0.05) is 22.4 Å². The number of hydrogen-bond acceptors (Lipinski definition) is 3. The zero-order valence-electron chi connectivity index (χ0n) is 10.5. The van der Waals surface area contributed by atoms with E-state index < -0.39 is 0 Å². The first-order chi connectivity index (χ1) is 7.76. The lowest BCUT2D eigenvalue weighted by Crippen LogP contribution is -2.45. The molecule has 1 saturated carbocycles. The third-order valence-corrected chi connectivity index (χ3v) is 4.67. The molecule has 0 spiro atoms. The van der Waals surface area contributed by atoms with Crippen LogP contribution in [0.15, 0.2) is 0 Å². The lowest BCUT2D eigenvalue weighted by Gasteiger charge is -2.44. The van der Waals surface area contributed by atoms with Crippen LogP contribution in [0, 0.1) is 5.41 Å². The van der Waals surface area contributed by atoms with Crippen molar-refractivity contribution in [2.75, 3.05) is 52.4 Å². The van der Waals surface area contributed by atoms with Crippen molar-refractivity contribution < 1.29 is 9.47 Å². The van der Waals surface area contributed by atoms with Gasteiger partial charge in [0.2, 0.25) is 0 Å². The van der Waals surface area contributed by atoms with Crippen molar-refractivity contribution in [1.82, 2.24) is 4.90 Å². The normalized spacial score (nSPS) is 18.8. The van der Waals surface area contributed by atoms with Crippen molar-refractivity contribution in [2.45, 2.75) is 19.3 Å². The van der Waals surface area contributed by atoms with Crippen molar-refractivity contribution in [1.29, 1.82) is 0 Å². The van der Waals surface area contributed by atoms with E-state index in [0.717, 1.165) is 31.6 Å². The number of nitrogens with zero attached hydrogens (tertiary/aromatic N) is 1. The fourth-order valence-corrected chi connectivity index (χ4v) is 2.93. The summed E-state index contributed by atoms with van der Waals surface area (Å²) in [7, 11) is 3.52. The maximum absolute atomic E-state index is 5.16. The number of alkyl halides is 1. The highest BCUT2D eigenvalue weighted by Crippen LogP contribution is 2.42. The third kappa shape index (κ3) is 4.32. The van der Waals surface area contributed by atoms with Gasteiger partial charge in [0.05, 0.1) is 13.2 Å². The molecule has 0 saturated heterocycles. The summed E-state index contributed by atoms with van der Waals surface area (Å²) in [5.74, 6) is 0. The number of halogens is 1. The van der Waals surface area contributed by atoms with Crippen molar-refractivity contribution >= 4 is 15.9 Å². The van der Waals surface area contributed by atoms with Gasteiger partial charge in [-0.2, -0.15) is 0 Å². The minimum Gasteiger partial charge on any atom is -0.383 e. The molecule has 0 atom stereocenters. The van der Waals surface area contributed by atoms with Crippen molar-refractivity contribution in [3.8, 4) is 0 Å². The van der Waals surface area contributed by atoms with Gasteiger partial charge < -0.3 is 9.47 Å². The summed E-state index contributed by atoms with van der Waals surface area (Å²) in [5.41, 5.74) is 0.515. The predicted molar refractivity (Wildman–Crippen MR) is 70.3 cm³/mol. The first-order valence-electron chi connectivity index (χ1n) is 6.02. The van der Waals surface area contributed by atoms with Gasteiger partial charge in [-0.3, -0.25) is 4.90 Å². The highest BCUT2D eigenvalue weighted by Gasteiger charge is 2.37. The summed E-state index contributed by atoms with van der Waals surface area (Å²) >= 11 is 3.66. The Morgan fingerprint density at radius 1 is 1.12 bits per heavy atom. The van der Waals surface area contributed by atoms with Gasteiger partial charge in [0.25, 0.3) is 0 Å². The molecule has 0 heterocycles. The van der Waals surface area contributed by atoms with Gasteiger partial charge in [-0.05, 0) is 18.3 Å². The fraction of sp³-hybridized carbons (Fsp3) is 1.00. The molecule has 1 aliphatic rings. The lowest BCUT2D eigenvalue weighted by molar-refractivity contribution is 0.0535. The largest absolute Gasteiger partial charge is 0.383 e. The molecule has 0 radical (unpaired) electrons. The zero-order chi connectivity index (χ0) is 11.9. The number of ether oxygens (including phenoxy) is 2. The lowest BCUT2D eigenvalue weighted by atomic mass is 9.70. The Bertz CT molecular complexity index is 172. The molecular weight excluding hydrogens is 270 g/mol. The Labute approximate surface area is 108 Å². The van der Waals surface area contributed by atoms with Crippen molar-refractivity contribution in [3.63, 3.8) is 0 Å². The van der Waals surface area contributed by atoms with Gasteiger partial charge in [0.1, 0.15) is 0 Å². The highest BCUT2D eigenvalue weighted by molar-refractivity contribution is 9.09. The molecule has 1 aliphatic carbocycles. The topological polar surface area (TPSA) is 21.7 Å². The first-order valence-corrected chi connectivity index (χ1v) is 7.15. The van der Waals surface area contributed by atoms with Crippen LogP contribution >= 0.6 is 15.9 Å². The Morgan fingerprint density at radius 3 is 2.00 bits per heavy atom. The fourth-order valence-electron chi connectivity index (χ4n) is 2.20. The summed E-state index contributed by atoms with van der Waals surface area (Å²) in [6, 6.07) is 0. The van der Waals surface area contributed by atoms with E-state index in [4.69, 9.17) is 9.47 Å². The standard InChI is InChI=1S/C12H24BrNO2/c1-15-8-6-14(7-9-16-2)11-12(10-13)4-3-5-12/h3-11H2,1-2H3. The molecule has 0 aromatic rings. The SMILES string of the molecule is COCCN(CCOC)CC1(CBr)CCC1. The van der Waals surface area contributed by atoms with Gasteiger partial charge in [0, 0.05) is 39.2 Å². The molecule has 0 aromatic carbocycles. The Morgan fingerprint density at radius 2 is 1.69 bits per heavy atom. The van der Waals surface area contributed by atoms with E-state index in [0.29, 0.717) is 5.41 Å². The summed E-state index contributed by atoms with van der Waals surface area (Å²) in [6.45, 7) is 4.80. The monoisotopic (exact) mass is 293 g/mol. The van der Waals surface area contributed by atoms with E-state index in [2.05, 4.69) is 20.8 Å². The Balaban J connectivity index is 2.34. The van der Waals surface area contributed by atoms with Gasteiger partial charge in [-0.25, -0.2) is 0 Å². The number of hydrogen-bond donors (Lipinski definition) is 0. The summed E-state index contributed by atoms with van der Waals surface area (Å²) in [6.07, 6.45) is 4.09. The van der Waals surface area contributed by atoms with Crippen molar-refractivity contribution in [3.05, 3.63) is 0 Å². The van der Waals surface area contributed by atoms with Crippen LogP contribution in [0.25, 0.3) is 0 Å². The van der Waals surface area contributed by atoms with Crippen LogP contribution in [-0.2, 0) is 9.47 Å². The molecular formula is C12H24BrNO2. The number of rotatable bonds is 9. The molecule has 0 aliphatic heterocycles. The predicted octanol–water partition coefficient (Wildman–Crippen LogP) is 2.15. The minimum atomic E-state index is 0.515. The zero-order valence-corrected chi connectivity index (χ0v) is 12.1. The molecule has 16 heavy (non-hydrogen) atoms. The maximum Gasteiger partial charge on any atom is 0.0589 e. The molecule has 0 aromatic heterocycles. The van der Waals surface area contributed by atoms with Crippen LogP contribution in [0.5, 0.6) is 0 Å². The molecule has 3 nitrogen and oxygen atoms in total. The molecule has 0 N–H and O–H groups in total. The molecule has 1 fully saturated rings. The molecule has 4 heteroatoms. The van der Waals surface area contributed by atoms with E-state index in [1.54, 1.807) is 14.2 Å². The maximum atomic E-state index is 5.16. The second-order valence-electron chi connectivity index (χ2n) is 4.75. The summed E-state index contributed by atoms with van der Waals surface area (Å²) in [4.78, 5) is 2.47. The quantitative estimate of drug-likeness (QED) is 0.608. The van der Waals surface area contributed by atoms with Gasteiger partial charge >= 0.3 is 0 Å². The van der Waals surface area contributed by atoms with E-state index >= 15 is 0 Å². The second-order valence-corrected chi connectivity index (χ2v) is 5.31. The Kier molecular flexibility index (Phi) is 6.89. The van der Waals surface area contributed by atoms with E-state index in [1.165, 1.54) is 25.8 Å². The van der Waals surface area contributed by atoms with E-state index in [-0.39, 0.29) is 0 Å². The van der Waals surface area contributed by atoms with Gasteiger partial charge in [0.15, 0.2) is 0 Å². The average molecular weight is 294 g/mol. The Hall–Kier alpha value is 0.360. The molecule has 1 rings (SSSR count). The van der Waals surface area contributed by atoms with Crippen LogP contribution in [0.2, 0.25) is 0 Å². The van der Waals surface area contributed by atoms with Crippen LogP contribution in [0.1, 0.15) is 19.3 Å². The van der Waals surface area contributed by atoms with E-state index in [9.17, 15) is 0 Å². The first kappa shape index (κ1) is 14.4. The van der Waals surface area contributed by atoms with E-state index in [1.807, 2.05) is 0 Å². The average Bonchev–Trinajstić information content (AvgIpc) is 2.26. The summed E-state index contributed by atoms with van der Waals surface area (Å²) in [5, 5.41) is 1.12. The third-order valence-electron chi connectivity index (χ3n) is 3.48. The highest BCUT2D eigenvalue weighted by atomic mass is 79.9. The smallest absolute Gasteiger partial charge is 0.0589 e. The molecule has 0 amide bonds. The minimum absolute atomic E-state index is 0.515. The molecule has 96 valence electrons. The van der Waals surface area contributed by atoms with Crippen LogP contribution in [0.4, 0.5) is 0 Å².